The van der Waals surface area contributed by atoms with Gasteiger partial charge < -0.3 is 58.5 Å². The number of aliphatic hydroxyl groups is 1. The number of nitrogens with zero attached hydrogens (tertiary/aromatic N) is 3. The summed E-state index contributed by atoms with van der Waals surface area (Å²) >= 11 is 0. The zero-order valence-corrected chi connectivity index (χ0v) is 50.9. The molecule has 4 N–H and O–H groups in total. The van der Waals surface area contributed by atoms with Gasteiger partial charge in [0.15, 0.2) is 34.6 Å². The lowest BCUT2D eigenvalue weighted by atomic mass is 9.47. The second-order valence-corrected chi connectivity index (χ2v) is 25.2. The van der Waals surface area contributed by atoms with E-state index in [-0.39, 0.29) is 83.1 Å². The number of rotatable bonds is 29. The fourth-order valence-corrected chi connectivity index (χ4v) is 15.2. The van der Waals surface area contributed by atoms with Crippen LogP contribution in [0.3, 0.4) is 0 Å². The first-order valence-electron chi connectivity index (χ1n) is 31.2. The topological polar surface area (TPSA) is 228 Å². The summed E-state index contributed by atoms with van der Waals surface area (Å²) in [7, 11) is 2.88. The lowest BCUT2D eigenvalue weighted by Crippen LogP contribution is -2.52. The van der Waals surface area contributed by atoms with E-state index in [0.717, 1.165) is 77.2 Å². The number of phenolic OH excluding ortho intramolecular Hbond substituents is 2. The van der Waals surface area contributed by atoms with Crippen LogP contribution in [0.15, 0.2) is 77.7 Å². The van der Waals surface area contributed by atoms with Crippen LogP contribution >= 0.6 is 0 Å². The van der Waals surface area contributed by atoms with Crippen molar-refractivity contribution in [2.45, 2.75) is 155 Å². The van der Waals surface area contributed by atoms with Crippen LogP contribution in [0, 0.1) is 46.3 Å². The summed E-state index contributed by atoms with van der Waals surface area (Å²) in [6, 6.07) is 9.42. The van der Waals surface area contributed by atoms with E-state index >= 15 is 0 Å². The summed E-state index contributed by atoms with van der Waals surface area (Å²) in [6.45, 7) is 13.3. The van der Waals surface area contributed by atoms with Crippen molar-refractivity contribution in [3.05, 3.63) is 94.5 Å². The molecular weight excluding hydrogens is 1080 g/mol. The van der Waals surface area contributed by atoms with Gasteiger partial charge in [0.1, 0.15) is 18.5 Å². The molecule has 5 fully saturated rings. The smallest absolute Gasteiger partial charge is 0.332 e. The Morgan fingerprint density at radius 2 is 1.52 bits per heavy atom. The van der Waals surface area contributed by atoms with Gasteiger partial charge in [-0.05, 0) is 146 Å². The van der Waals surface area contributed by atoms with Crippen molar-refractivity contribution >= 4 is 29.8 Å². The Hall–Kier alpha value is -6.05. The molecule has 85 heavy (non-hydrogen) atoms. The van der Waals surface area contributed by atoms with E-state index in [9.17, 15) is 29.7 Å². The number of amides is 1. The SMILES string of the molecule is COc1cc(/C=C/C(=O)/C(Cc2cn(CCCCCCCC(=O)NCCOCCOCCOCC(=O)O[C@H]3CC[C@@]4(C)C(=CC[C@H]5[C@@H]6C[C@@H]7O[C@]8(CC[C@@H](C)CO8)[C@@H](C)[C@@H]7[C@@]6(C)CC[C@@H]54)C3)nn2)=C(O)/C=C/c2ccc(O)c(OC)c2)ccc1O. The minimum atomic E-state index is -0.454. The Balaban J connectivity index is 0.587. The van der Waals surface area contributed by atoms with Gasteiger partial charge in [-0.2, -0.15) is 0 Å². The molecule has 18 nitrogen and oxygen atoms in total. The van der Waals surface area contributed by atoms with Gasteiger partial charge in [-0.25, -0.2) is 4.79 Å². The molecule has 1 spiro atoms. The van der Waals surface area contributed by atoms with Crippen molar-refractivity contribution in [1.29, 1.82) is 0 Å². The maximum Gasteiger partial charge on any atom is 0.332 e. The highest BCUT2D eigenvalue weighted by Gasteiger charge is 2.68. The predicted molar refractivity (Wildman–Crippen MR) is 321 cm³/mol. The summed E-state index contributed by atoms with van der Waals surface area (Å²) in [5.41, 5.74) is 3.76. The average Bonchev–Trinajstić information content (AvgIpc) is 1.67. The number of ether oxygens (including phenoxy) is 8. The molecular formula is C67H92N4O14. The molecule has 1 amide bonds. The van der Waals surface area contributed by atoms with E-state index in [4.69, 9.17) is 37.9 Å². The molecule has 2 saturated heterocycles. The zero-order chi connectivity index (χ0) is 60.1. The number of aryl methyl sites for hydroxylation is 1. The Morgan fingerprint density at radius 3 is 2.24 bits per heavy atom. The first-order chi connectivity index (χ1) is 41.0. The third kappa shape index (κ3) is 15.4. The lowest BCUT2D eigenvalue weighted by molar-refractivity contribution is -0.272. The largest absolute Gasteiger partial charge is 0.508 e. The van der Waals surface area contributed by atoms with Crippen molar-refractivity contribution in [3.63, 3.8) is 0 Å². The van der Waals surface area contributed by atoms with E-state index in [1.165, 1.54) is 63.3 Å². The number of esters is 1. The summed E-state index contributed by atoms with van der Waals surface area (Å²) in [5, 5.41) is 42.6. The van der Waals surface area contributed by atoms with Crippen LogP contribution < -0.4 is 14.8 Å². The van der Waals surface area contributed by atoms with E-state index in [0.29, 0.717) is 110 Å². The van der Waals surface area contributed by atoms with E-state index in [1.54, 1.807) is 47.3 Å². The van der Waals surface area contributed by atoms with Crippen molar-refractivity contribution in [1.82, 2.24) is 20.3 Å². The van der Waals surface area contributed by atoms with Gasteiger partial charge in [-0.3, -0.25) is 14.3 Å². The van der Waals surface area contributed by atoms with Gasteiger partial charge in [0.05, 0.1) is 65.7 Å². The van der Waals surface area contributed by atoms with Crippen LogP contribution in [0.5, 0.6) is 23.0 Å². The molecule has 2 aromatic carbocycles. The number of benzene rings is 2. The average molecular weight is 1180 g/mol. The number of nitrogens with one attached hydrogen (secondary N) is 1. The molecule has 11 atom stereocenters. The number of hydrogen-bond donors (Lipinski definition) is 4. The highest BCUT2D eigenvalue weighted by atomic mass is 16.7. The number of unbranched alkanes of at least 4 members (excludes halogenated alkanes) is 4. The van der Waals surface area contributed by atoms with E-state index in [1.807, 2.05) is 0 Å². The maximum absolute atomic E-state index is 13.6. The van der Waals surface area contributed by atoms with Crippen molar-refractivity contribution in [2.24, 2.45) is 46.3 Å². The minimum Gasteiger partial charge on any atom is -0.508 e. The monoisotopic (exact) mass is 1180 g/mol. The van der Waals surface area contributed by atoms with Crippen LogP contribution in [0.2, 0.25) is 0 Å². The highest BCUT2D eigenvalue weighted by molar-refractivity contribution is 6.07. The Kier molecular flexibility index (Phi) is 21.7. The zero-order valence-electron chi connectivity index (χ0n) is 50.9. The molecule has 0 radical (unpaired) electrons. The summed E-state index contributed by atoms with van der Waals surface area (Å²) in [5.74, 6) is 2.66. The summed E-state index contributed by atoms with van der Waals surface area (Å²) < 4.78 is 48.5. The van der Waals surface area contributed by atoms with Gasteiger partial charge in [-0.1, -0.05) is 88.1 Å². The summed E-state index contributed by atoms with van der Waals surface area (Å²) in [4.78, 5) is 38.9. The highest BCUT2D eigenvalue weighted by Crippen LogP contribution is 2.70. The number of aromatic hydroxyl groups is 2. The fourth-order valence-electron chi connectivity index (χ4n) is 15.2. The van der Waals surface area contributed by atoms with Gasteiger partial charge in [0.2, 0.25) is 5.91 Å². The van der Waals surface area contributed by atoms with Crippen LogP contribution in [-0.2, 0) is 55.8 Å². The summed E-state index contributed by atoms with van der Waals surface area (Å²) in [6.07, 6.45) is 25.0. The molecule has 4 aliphatic carbocycles. The molecule has 0 bridgehead atoms. The van der Waals surface area contributed by atoms with Gasteiger partial charge in [0.25, 0.3) is 0 Å². The predicted octanol–water partition coefficient (Wildman–Crippen LogP) is 10.8. The number of phenols is 2. The number of aromatic nitrogens is 3. The number of carbonyl (C=O) groups is 3. The van der Waals surface area contributed by atoms with Crippen LogP contribution in [0.1, 0.15) is 141 Å². The maximum atomic E-state index is 13.6. The molecule has 18 heteroatoms. The van der Waals surface area contributed by atoms with Gasteiger partial charge in [-0.15, -0.1) is 5.10 Å². The Labute approximate surface area is 501 Å². The van der Waals surface area contributed by atoms with Crippen molar-refractivity contribution < 1.29 is 67.6 Å². The molecule has 1 aromatic heterocycles. The molecule has 464 valence electrons. The number of ketones is 1. The normalized spacial score (nSPS) is 29.0. The Morgan fingerprint density at radius 1 is 0.824 bits per heavy atom. The first kappa shape index (κ1) is 63.5. The Bertz CT molecular complexity index is 2890. The molecule has 6 aliphatic rings. The fraction of sp³-hybridized carbons (Fsp3) is 0.627. The molecule has 3 aromatic rings. The van der Waals surface area contributed by atoms with Crippen LogP contribution in [-0.4, -0.2) is 133 Å². The molecule has 3 saturated carbocycles. The quantitative estimate of drug-likeness (QED) is 0.0126. The van der Waals surface area contributed by atoms with Crippen LogP contribution in [0.4, 0.5) is 0 Å². The third-order valence-electron chi connectivity index (χ3n) is 19.8. The minimum absolute atomic E-state index is 0.00754. The second-order valence-electron chi connectivity index (χ2n) is 25.2. The number of methoxy groups -OCH3 is 2. The van der Waals surface area contributed by atoms with E-state index in [2.05, 4.69) is 49.4 Å². The number of hydrogen-bond acceptors (Lipinski definition) is 16. The van der Waals surface area contributed by atoms with Crippen LogP contribution in [0.25, 0.3) is 12.2 Å². The van der Waals surface area contributed by atoms with Crippen molar-refractivity contribution in [3.8, 4) is 23.0 Å². The molecule has 0 unspecified atom stereocenters. The number of fused-ring (bicyclic) bond motifs is 7. The van der Waals surface area contributed by atoms with Crippen molar-refractivity contribution in [2.75, 3.05) is 67.0 Å². The second kappa shape index (κ2) is 29.1. The number of aliphatic hydroxyl groups excluding tert-OH is 1. The van der Waals surface area contributed by atoms with E-state index < -0.39 is 5.78 Å². The lowest BCUT2D eigenvalue weighted by Gasteiger charge is -2.58. The number of allylic oxidation sites excluding steroid dienone is 4. The first-order valence-corrected chi connectivity index (χ1v) is 31.2. The molecule has 2 aliphatic heterocycles. The molecule has 3 heterocycles. The molecule has 9 rings (SSSR count). The van der Waals surface area contributed by atoms with Gasteiger partial charge >= 0.3 is 5.97 Å². The number of carbonyl (C=O) groups excluding carboxylic acids is 3. The van der Waals surface area contributed by atoms with Gasteiger partial charge in [0, 0.05) is 56.5 Å². The third-order valence-corrected chi connectivity index (χ3v) is 19.8. The standard InChI is InChI=1S/C67H92N4O14/c1-44-23-28-67(83-42-44)45(2)64-61(85-67)40-54-51-18-17-48-38-50(24-26-65(48,3)53(51)25-27-66(54,64)4)84-63(77)43-82-35-34-81-33-32-80-31-29-68-62(76)12-10-8-7-9-11-30-71-41-49(69-70-71)39-52(55(72)19-13-46-15-21-57(74)59(36-46)78-5)56(73)20-14-47-16-22-58(75)60(37-47)79-6/h13-17,19-22,36-37,41,44-45,50-51,53-54,61,64,72,74-75H,7-12,18,23-35,38-40,42-43H2,1-6H3,(H,68,76)/b19-13+,20-14+,55-52-/t44-,45+,50+,51-,53+,54+,61+,64+,65+,66+,67-/m1/s1.